The molecule has 0 saturated heterocycles. The average Bonchev–Trinajstić information content (AvgIpc) is 2.33. The van der Waals surface area contributed by atoms with Gasteiger partial charge in [0.05, 0.1) is 13.2 Å². The molecule has 0 aliphatic rings. The second kappa shape index (κ2) is 8.60. The number of methoxy groups -OCH3 is 1. The van der Waals surface area contributed by atoms with Crippen LogP contribution in [0.25, 0.3) is 0 Å². The summed E-state index contributed by atoms with van der Waals surface area (Å²) in [5, 5.41) is 5.67. The lowest BCUT2D eigenvalue weighted by Crippen LogP contribution is -2.41. The first-order valence-electron chi connectivity index (χ1n) is 6.45. The Morgan fingerprint density at radius 1 is 1.30 bits per heavy atom. The molecule has 1 amide bonds. The maximum Gasteiger partial charge on any atom is 0.234 e. The van der Waals surface area contributed by atoms with Crippen LogP contribution in [-0.2, 0) is 16.0 Å². The first-order chi connectivity index (χ1) is 9.51. The fraction of sp³-hybridized carbons (Fsp3) is 0.500. The van der Waals surface area contributed by atoms with Crippen molar-refractivity contribution in [1.29, 1.82) is 0 Å². The molecule has 1 aromatic rings. The van der Waals surface area contributed by atoms with Crippen LogP contribution in [0.3, 0.4) is 0 Å². The third-order valence-electron chi connectivity index (χ3n) is 2.62. The lowest BCUT2D eigenvalue weighted by molar-refractivity contribution is -0.121. The zero-order valence-corrected chi connectivity index (χ0v) is 11.7. The summed E-state index contributed by atoms with van der Waals surface area (Å²) >= 11 is 0. The van der Waals surface area contributed by atoms with Gasteiger partial charge in [0.2, 0.25) is 5.91 Å². The molecule has 0 aromatic heterocycles. The normalized spacial score (nSPS) is 12.2. The Morgan fingerprint density at radius 3 is 2.55 bits per heavy atom. The molecule has 0 radical (unpaired) electrons. The number of benzene rings is 1. The molecule has 0 aliphatic heterocycles. The summed E-state index contributed by atoms with van der Waals surface area (Å²) in [4.78, 5) is 11.5. The SMILES string of the molecule is COCC(C)NC(=O)CNCCc1cc(F)cc(F)c1. The van der Waals surface area contributed by atoms with Gasteiger partial charge in [-0.15, -0.1) is 0 Å². The highest BCUT2D eigenvalue weighted by atomic mass is 19.1. The molecule has 112 valence electrons. The Balaban J connectivity index is 2.22. The van der Waals surface area contributed by atoms with Gasteiger partial charge in [0.25, 0.3) is 0 Å². The summed E-state index contributed by atoms with van der Waals surface area (Å²) in [5.41, 5.74) is 0.558. The summed E-state index contributed by atoms with van der Waals surface area (Å²) < 4.78 is 30.8. The number of hydrogen-bond acceptors (Lipinski definition) is 3. The van der Waals surface area contributed by atoms with E-state index in [1.807, 2.05) is 6.92 Å². The van der Waals surface area contributed by atoms with Crippen LogP contribution in [0.15, 0.2) is 18.2 Å². The van der Waals surface area contributed by atoms with Crippen molar-refractivity contribution in [2.24, 2.45) is 0 Å². The van der Waals surface area contributed by atoms with E-state index in [-0.39, 0.29) is 18.5 Å². The van der Waals surface area contributed by atoms with Crippen LogP contribution < -0.4 is 10.6 Å². The van der Waals surface area contributed by atoms with E-state index in [1.165, 1.54) is 12.1 Å². The van der Waals surface area contributed by atoms with E-state index in [0.717, 1.165) is 6.07 Å². The fourth-order valence-corrected chi connectivity index (χ4v) is 1.81. The van der Waals surface area contributed by atoms with E-state index < -0.39 is 11.6 Å². The number of nitrogens with one attached hydrogen (secondary N) is 2. The highest BCUT2D eigenvalue weighted by molar-refractivity contribution is 5.78. The predicted octanol–water partition coefficient (Wildman–Crippen LogP) is 1.25. The van der Waals surface area contributed by atoms with Crippen molar-refractivity contribution in [3.05, 3.63) is 35.4 Å². The number of amides is 1. The molecular formula is C14H20F2N2O2. The highest BCUT2D eigenvalue weighted by Gasteiger charge is 2.06. The van der Waals surface area contributed by atoms with Gasteiger partial charge in [-0.3, -0.25) is 4.79 Å². The Hall–Kier alpha value is -1.53. The van der Waals surface area contributed by atoms with Crippen molar-refractivity contribution in [2.75, 3.05) is 26.8 Å². The van der Waals surface area contributed by atoms with Gasteiger partial charge in [-0.2, -0.15) is 0 Å². The van der Waals surface area contributed by atoms with E-state index in [2.05, 4.69) is 10.6 Å². The maximum atomic E-state index is 12.9. The molecule has 6 heteroatoms. The molecule has 0 saturated carbocycles. The molecule has 0 heterocycles. The second-order valence-electron chi connectivity index (χ2n) is 4.63. The average molecular weight is 286 g/mol. The largest absolute Gasteiger partial charge is 0.383 e. The van der Waals surface area contributed by atoms with Crippen LogP contribution in [0.5, 0.6) is 0 Å². The summed E-state index contributed by atoms with van der Waals surface area (Å²) in [5.74, 6) is -1.32. The molecule has 1 atom stereocenters. The van der Waals surface area contributed by atoms with Gasteiger partial charge < -0.3 is 15.4 Å². The molecule has 0 fully saturated rings. The van der Waals surface area contributed by atoms with Crippen molar-refractivity contribution >= 4 is 5.91 Å². The lowest BCUT2D eigenvalue weighted by atomic mass is 10.1. The predicted molar refractivity (Wildman–Crippen MR) is 72.4 cm³/mol. The molecule has 1 rings (SSSR count). The number of halogens is 2. The third-order valence-corrected chi connectivity index (χ3v) is 2.62. The minimum absolute atomic E-state index is 0.0494. The van der Waals surface area contributed by atoms with Crippen molar-refractivity contribution in [3.63, 3.8) is 0 Å². The smallest absolute Gasteiger partial charge is 0.234 e. The minimum atomic E-state index is -0.592. The van der Waals surface area contributed by atoms with Crippen LogP contribution in [0.4, 0.5) is 8.78 Å². The number of carbonyl (C=O) groups is 1. The first kappa shape index (κ1) is 16.5. The van der Waals surface area contributed by atoms with Crippen LogP contribution in [0, 0.1) is 11.6 Å². The van der Waals surface area contributed by atoms with Gasteiger partial charge in [0, 0.05) is 19.2 Å². The van der Waals surface area contributed by atoms with Gasteiger partial charge in [0.15, 0.2) is 0 Å². The zero-order valence-electron chi connectivity index (χ0n) is 11.7. The van der Waals surface area contributed by atoms with E-state index in [9.17, 15) is 13.6 Å². The van der Waals surface area contributed by atoms with E-state index in [0.29, 0.717) is 25.1 Å². The summed E-state index contributed by atoms with van der Waals surface area (Å²) in [7, 11) is 1.57. The minimum Gasteiger partial charge on any atom is -0.383 e. The Labute approximate surface area is 117 Å². The van der Waals surface area contributed by atoms with Crippen LogP contribution in [-0.4, -0.2) is 38.8 Å². The van der Waals surface area contributed by atoms with Gasteiger partial charge in [-0.1, -0.05) is 0 Å². The Morgan fingerprint density at radius 2 is 1.95 bits per heavy atom. The number of ether oxygens (including phenoxy) is 1. The molecule has 4 nitrogen and oxygen atoms in total. The van der Waals surface area contributed by atoms with Crippen LogP contribution in [0.1, 0.15) is 12.5 Å². The van der Waals surface area contributed by atoms with E-state index in [4.69, 9.17) is 4.74 Å². The van der Waals surface area contributed by atoms with E-state index in [1.54, 1.807) is 7.11 Å². The quantitative estimate of drug-likeness (QED) is 0.707. The molecule has 0 bridgehead atoms. The third kappa shape index (κ3) is 6.58. The topological polar surface area (TPSA) is 50.4 Å². The number of rotatable bonds is 8. The zero-order chi connectivity index (χ0) is 15.0. The van der Waals surface area contributed by atoms with E-state index >= 15 is 0 Å². The Kier molecular flexibility index (Phi) is 7.11. The molecule has 1 unspecified atom stereocenters. The maximum absolute atomic E-state index is 12.9. The standard InChI is InChI=1S/C14H20F2N2O2/c1-10(9-20-2)18-14(19)8-17-4-3-11-5-12(15)7-13(16)6-11/h5-7,10,17H,3-4,8-9H2,1-2H3,(H,18,19). The monoisotopic (exact) mass is 286 g/mol. The van der Waals surface area contributed by atoms with Gasteiger partial charge in [-0.05, 0) is 37.6 Å². The van der Waals surface area contributed by atoms with Crippen molar-refractivity contribution in [1.82, 2.24) is 10.6 Å². The number of carbonyl (C=O) groups excluding carboxylic acids is 1. The first-order valence-corrected chi connectivity index (χ1v) is 6.45. The molecule has 1 aromatic carbocycles. The molecule has 0 aliphatic carbocycles. The fourth-order valence-electron chi connectivity index (χ4n) is 1.81. The summed E-state index contributed by atoms with van der Waals surface area (Å²) in [6.07, 6.45) is 0.454. The lowest BCUT2D eigenvalue weighted by Gasteiger charge is -2.13. The highest BCUT2D eigenvalue weighted by Crippen LogP contribution is 2.07. The molecular weight excluding hydrogens is 266 g/mol. The van der Waals surface area contributed by atoms with Crippen LogP contribution in [0.2, 0.25) is 0 Å². The summed E-state index contributed by atoms with van der Waals surface area (Å²) in [6, 6.07) is 3.35. The second-order valence-corrected chi connectivity index (χ2v) is 4.63. The van der Waals surface area contributed by atoms with Gasteiger partial charge >= 0.3 is 0 Å². The number of hydrogen-bond donors (Lipinski definition) is 2. The van der Waals surface area contributed by atoms with Crippen molar-refractivity contribution in [2.45, 2.75) is 19.4 Å². The van der Waals surface area contributed by atoms with Crippen molar-refractivity contribution < 1.29 is 18.3 Å². The van der Waals surface area contributed by atoms with Gasteiger partial charge in [-0.25, -0.2) is 8.78 Å². The Bertz CT molecular complexity index is 421. The van der Waals surface area contributed by atoms with Gasteiger partial charge in [0.1, 0.15) is 11.6 Å². The molecule has 0 spiro atoms. The molecule has 20 heavy (non-hydrogen) atoms. The summed E-state index contributed by atoms with van der Waals surface area (Å²) in [6.45, 7) is 2.92. The van der Waals surface area contributed by atoms with Crippen LogP contribution >= 0.6 is 0 Å². The molecule has 2 N–H and O–H groups in total. The van der Waals surface area contributed by atoms with Crippen molar-refractivity contribution in [3.8, 4) is 0 Å².